The first-order valence-corrected chi connectivity index (χ1v) is 13.2. The van der Waals surface area contributed by atoms with Gasteiger partial charge in [0.15, 0.2) is 6.04 Å². The maximum absolute atomic E-state index is 14.1. The summed E-state index contributed by atoms with van der Waals surface area (Å²) in [5.41, 5.74) is 1.75. The molecule has 38 heavy (non-hydrogen) atoms. The van der Waals surface area contributed by atoms with Gasteiger partial charge in [-0.1, -0.05) is 12.1 Å². The Bertz CT molecular complexity index is 1370. The number of fused-ring (bicyclic) bond motifs is 2. The van der Waals surface area contributed by atoms with Crippen molar-refractivity contribution >= 4 is 34.0 Å². The van der Waals surface area contributed by atoms with E-state index in [1.807, 2.05) is 0 Å². The number of anilines is 2. The number of alkyl halides is 3. The minimum Gasteiger partial charge on any atom is -0.497 e. The van der Waals surface area contributed by atoms with Crippen molar-refractivity contribution in [3.63, 3.8) is 0 Å². The number of carbonyl (C=O) groups excluding carboxylic acids is 2. The number of amides is 1. The minimum atomic E-state index is -4.59. The lowest BCUT2D eigenvalue weighted by Crippen LogP contribution is -2.36. The van der Waals surface area contributed by atoms with Crippen LogP contribution in [0.25, 0.3) is 0 Å². The summed E-state index contributed by atoms with van der Waals surface area (Å²) in [6, 6.07) is 4.11. The van der Waals surface area contributed by atoms with Crippen LogP contribution in [0.1, 0.15) is 75.0 Å². The van der Waals surface area contributed by atoms with Gasteiger partial charge in [-0.25, -0.2) is 9.48 Å². The number of benzene rings is 1. The lowest BCUT2D eigenvalue weighted by atomic mass is 9.95. The third-order valence-corrected chi connectivity index (χ3v) is 8.06. The second-order valence-corrected chi connectivity index (χ2v) is 10.3. The summed E-state index contributed by atoms with van der Waals surface area (Å²) in [6.45, 7) is 1.89. The van der Waals surface area contributed by atoms with E-state index in [-0.39, 0.29) is 24.4 Å². The first-order chi connectivity index (χ1) is 18.2. The van der Waals surface area contributed by atoms with Crippen molar-refractivity contribution in [2.24, 2.45) is 0 Å². The first-order valence-electron chi connectivity index (χ1n) is 12.4. The zero-order valence-corrected chi connectivity index (χ0v) is 21.7. The number of esters is 1. The Kier molecular flexibility index (Phi) is 7.08. The van der Waals surface area contributed by atoms with Gasteiger partial charge in [0.2, 0.25) is 0 Å². The molecule has 0 saturated heterocycles. The average molecular weight is 549 g/mol. The van der Waals surface area contributed by atoms with Gasteiger partial charge in [0, 0.05) is 11.3 Å². The summed E-state index contributed by atoms with van der Waals surface area (Å²) in [6.07, 6.45) is -0.363. The lowest BCUT2D eigenvalue weighted by molar-refractivity contribution is -0.173. The maximum Gasteiger partial charge on any atom is 0.410 e. The number of nitrogens with one attached hydrogen (secondary N) is 2. The van der Waals surface area contributed by atoms with Crippen LogP contribution >= 0.6 is 11.3 Å². The molecule has 0 saturated carbocycles. The van der Waals surface area contributed by atoms with Crippen molar-refractivity contribution in [2.45, 2.75) is 57.3 Å². The smallest absolute Gasteiger partial charge is 0.410 e. The molecule has 2 N–H and O–H groups in total. The molecule has 1 aliphatic heterocycles. The molecule has 2 aliphatic rings. The van der Waals surface area contributed by atoms with Crippen LogP contribution in [0.3, 0.4) is 0 Å². The predicted molar refractivity (Wildman–Crippen MR) is 136 cm³/mol. The first kappa shape index (κ1) is 26.1. The number of rotatable bonds is 6. The van der Waals surface area contributed by atoms with Crippen molar-refractivity contribution in [2.75, 3.05) is 24.4 Å². The molecule has 0 fully saturated rings. The molecule has 1 aliphatic carbocycles. The Morgan fingerprint density at radius 1 is 1.26 bits per heavy atom. The van der Waals surface area contributed by atoms with E-state index in [9.17, 15) is 22.8 Å². The van der Waals surface area contributed by atoms with Crippen LogP contribution in [0.2, 0.25) is 0 Å². The average Bonchev–Trinajstić information content (AvgIpc) is 3.49. The number of nitrogens with zero attached hydrogens (tertiary/aromatic N) is 2. The van der Waals surface area contributed by atoms with E-state index in [2.05, 4.69) is 15.7 Å². The van der Waals surface area contributed by atoms with Gasteiger partial charge in [-0.15, -0.1) is 11.3 Å². The zero-order valence-electron chi connectivity index (χ0n) is 20.9. The molecular weight excluding hydrogens is 521 g/mol. The molecule has 2 atom stereocenters. The number of halogens is 3. The summed E-state index contributed by atoms with van der Waals surface area (Å²) in [4.78, 5) is 27.2. The van der Waals surface area contributed by atoms with E-state index in [0.29, 0.717) is 28.3 Å². The molecule has 0 radical (unpaired) electrons. The zero-order chi connectivity index (χ0) is 27.0. The van der Waals surface area contributed by atoms with Crippen LogP contribution < -0.4 is 15.4 Å². The van der Waals surface area contributed by atoms with Crippen molar-refractivity contribution in [1.29, 1.82) is 0 Å². The van der Waals surface area contributed by atoms with E-state index < -0.39 is 30.1 Å². The van der Waals surface area contributed by atoms with Crippen molar-refractivity contribution < 1.29 is 32.2 Å². The molecule has 0 unspecified atom stereocenters. The van der Waals surface area contributed by atoms with Gasteiger partial charge in [-0.3, -0.25) is 4.79 Å². The Morgan fingerprint density at radius 3 is 2.79 bits per heavy atom. The minimum absolute atomic E-state index is 0.0390. The molecule has 2 aromatic heterocycles. The highest BCUT2D eigenvalue weighted by atomic mass is 32.1. The third kappa shape index (κ3) is 4.84. The molecule has 5 rings (SSSR count). The van der Waals surface area contributed by atoms with Gasteiger partial charge >= 0.3 is 12.1 Å². The fourth-order valence-corrected chi connectivity index (χ4v) is 6.32. The summed E-state index contributed by atoms with van der Waals surface area (Å²) < 4.78 is 53.6. The highest BCUT2D eigenvalue weighted by Gasteiger charge is 2.47. The third-order valence-electron chi connectivity index (χ3n) is 6.86. The predicted octanol–water partition coefficient (Wildman–Crippen LogP) is 5.92. The topological polar surface area (TPSA) is 94.5 Å². The summed E-state index contributed by atoms with van der Waals surface area (Å²) in [5.74, 6) is -0.705. The standard InChI is InChI=1S/C26H27F3N4O4S/c1-3-37-25(35)21-16-9-4-5-10-19(16)38-24(21)32-23(34)17-13-30-33-20(26(27,28)29)12-18(31-22(17)33)14-7-6-8-15(11-14)36-2/h6-8,11,13,18,20,31H,3-5,9-10,12H2,1-2H3,(H,32,34)/t18-,20-/m1/s1. The number of thiophene rings is 1. The number of hydrogen-bond donors (Lipinski definition) is 2. The molecule has 12 heteroatoms. The molecule has 3 aromatic rings. The number of aryl methyl sites for hydroxylation is 1. The molecule has 1 aromatic carbocycles. The Morgan fingerprint density at radius 2 is 2.05 bits per heavy atom. The van der Waals surface area contributed by atoms with Gasteiger partial charge in [-0.05, 0) is 55.9 Å². The molecule has 0 spiro atoms. The lowest BCUT2D eigenvalue weighted by Gasteiger charge is -2.34. The van der Waals surface area contributed by atoms with E-state index in [4.69, 9.17) is 9.47 Å². The molecular formula is C26H27F3N4O4S. The van der Waals surface area contributed by atoms with Gasteiger partial charge < -0.3 is 20.1 Å². The number of carbonyl (C=O) groups is 2. The van der Waals surface area contributed by atoms with Crippen LogP contribution in [0.5, 0.6) is 5.75 Å². The molecule has 202 valence electrons. The van der Waals surface area contributed by atoms with Crippen molar-refractivity contribution in [1.82, 2.24) is 9.78 Å². The second kappa shape index (κ2) is 10.3. The summed E-state index contributed by atoms with van der Waals surface area (Å²) in [5, 5.41) is 10.1. The number of aromatic nitrogens is 2. The number of hydrogen-bond acceptors (Lipinski definition) is 7. The Hall–Kier alpha value is -3.54. The van der Waals surface area contributed by atoms with E-state index in [1.54, 1.807) is 31.2 Å². The van der Waals surface area contributed by atoms with Gasteiger partial charge in [-0.2, -0.15) is 18.3 Å². The highest BCUT2D eigenvalue weighted by Crippen LogP contribution is 2.45. The van der Waals surface area contributed by atoms with Crippen molar-refractivity contribution in [3.05, 3.63) is 57.6 Å². The van der Waals surface area contributed by atoms with Crippen LogP contribution in [0.4, 0.5) is 24.0 Å². The monoisotopic (exact) mass is 548 g/mol. The highest BCUT2D eigenvalue weighted by molar-refractivity contribution is 7.17. The summed E-state index contributed by atoms with van der Waals surface area (Å²) in [7, 11) is 1.48. The van der Waals surface area contributed by atoms with Crippen LogP contribution in [0, 0.1) is 0 Å². The quantitative estimate of drug-likeness (QED) is 0.372. The molecule has 3 heterocycles. The van der Waals surface area contributed by atoms with Crippen molar-refractivity contribution in [3.8, 4) is 5.75 Å². The fraction of sp³-hybridized carbons (Fsp3) is 0.423. The molecule has 0 bridgehead atoms. The van der Waals surface area contributed by atoms with Crippen LogP contribution in [-0.2, 0) is 17.6 Å². The number of methoxy groups -OCH3 is 1. The van der Waals surface area contributed by atoms with Crippen LogP contribution in [0.15, 0.2) is 30.5 Å². The Labute approximate surface area is 221 Å². The largest absolute Gasteiger partial charge is 0.497 e. The second-order valence-electron chi connectivity index (χ2n) is 9.21. The SMILES string of the molecule is CCOC(=O)c1c(NC(=O)c2cnn3c2N[C@@H](c2cccc(OC)c2)C[C@@H]3C(F)(F)F)sc2c1CCCC2. The fourth-order valence-electron chi connectivity index (χ4n) is 5.05. The van der Waals surface area contributed by atoms with Gasteiger partial charge in [0.1, 0.15) is 22.1 Å². The summed E-state index contributed by atoms with van der Waals surface area (Å²) >= 11 is 1.31. The molecule has 1 amide bonds. The maximum atomic E-state index is 14.1. The van der Waals surface area contributed by atoms with Gasteiger partial charge in [0.05, 0.1) is 31.5 Å². The van der Waals surface area contributed by atoms with E-state index in [1.165, 1.54) is 18.4 Å². The van der Waals surface area contributed by atoms with E-state index >= 15 is 0 Å². The number of ether oxygens (including phenoxy) is 2. The Balaban J connectivity index is 1.50. The molecule has 8 nitrogen and oxygen atoms in total. The van der Waals surface area contributed by atoms with Crippen LogP contribution in [-0.4, -0.2) is 41.5 Å². The van der Waals surface area contributed by atoms with E-state index in [0.717, 1.165) is 40.6 Å². The normalized spacial score (nSPS) is 18.7. The van der Waals surface area contributed by atoms with Gasteiger partial charge in [0.25, 0.3) is 5.91 Å².